The van der Waals surface area contributed by atoms with Crippen LogP contribution >= 0.6 is 0 Å². The average molecular weight is 274 g/mol. The van der Waals surface area contributed by atoms with Crippen LogP contribution in [0.2, 0.25) is 0 Å². The van der Waals surface area contributed by atoms with E-state index in [1.54, 1.807) is 0 Å². The van der Waals surface area contributed by atoms with Gasteiger partial charge in [-0.15, -0.1) is 0 Å². The molecule has 2 rings (SSSR count). The molecule has 2 atom stereocenters. The van der Waals surface area contributed by atoms with Gasteiger partial charge in [-0.2, -0.15) is 0 Å². The summed E-state index contributed by atoms with van der Waals surface area (Å²) in [5.74, 6) is 0.715. The fourth-order valence-electron chi connectivity index (χ4n) is 3.01. The third kappa shape index (κ3) is 4.21. The first-order chi connectivity index (χ1) is 8.57. The molecule has 4 nitrogen and oxygen atoms in total. The average Bonchev–Trinajstić information content (AvgIpc) is 2.36. The third-order valence-corrected chi connectivity index (χ3v) is 6.00. The molecular formula is C13H26N2O2S. The maximum atomic E-state index is 11.6. The van der Waals surface area contributed by atoms with Gasteiger partial charge in [0.1, 0.15) is 0 Å². The van der Waals surface area contributed by atoms with Crippen molar-refractivity contribution in [2.45, 2.75) is 51.1 Å². The molecule has 0 amide bonds. The molecule has 18 heavy (non-hydrogen) atoms. The molecule has 0 bridgehead atoms. The maximum absolute atomic E-state index is 11.6. The second kappa shape index (κ2) is 6.35. The van der Waals surface area contributed by atoms with Gasteiger partial charge in [-0.3, -0.25) is 4.90 Å². The van der Waals surface area contributed by atoms with Crippen LogP contribution in [0.4, 0.5) is 0 Å². The Morgan fingerprint density at radius 2 is 1.94 bits per heavy atom. The van der Waals surface area contributed by atoms with E-state index in [4.69, 9.17) is 0 Å². The van der Waals surface area contributed by atoms with Crippen molar-refractivity contribution in [1.29, 1.82) is 0 Å². The van der Waals surface area contributed by atoms with Gasteiger partial charge < -0.3 is 5.32 Å². The molecule has 0 radical (unpaired) electrons. The standard InChI is InChI=1S/C13H26N2O2S/c1-12(15-7-3-2-4-8-15)10-14-13-6-5-9-18(16,17)11-13/h12-14H,2-11H2,1H3. The number of sulfone groups is 1. The van der Waals surface area contributed by atoms with Gasteiger partial charge in [0.05, 0.1) is 11.5 Å². The van der Waals surface area contributed by atoms with Crippen LogP contribution in [0, 0.1) is 0 Å². The molecule has 0 aliphatic carbocycles. The van der Waals surface area contributed by atoms with Gasteiger partial charge in [0.2, 0.25) is 0 Å². The number of piperidine rings is 1. The predicted molar refractivity (Wildman–Crippen MR) is 74.6 cm³/mol. The maximum Gasteiger partial charge on any atom is 0.151 e. The lowest BCUT2D eigenvalue weighted by molar-refractivity contribution is 0.168. The Balaban J connectivity index is 1.73. The summed E-state index contributed by atoms with van der Waals surface area (Å²) in [6.07, 6.45) is 5.80. The zero-order valence-electron chi connectivity index (χ0n) is 11.4. The van der Waals surface area contributed by atoms with E-state index in [1.807, 2.05) is 0 Å². The van der Waals surface area contributed by atoms with E-state index < -0.39 is 9.84 Å². The fraction of sp³-hybridized carbons (Fsp3) is 1.00. The lowest BCUT2D eigenvalue weighted by atomic mass is 10.1. The van der Waals surface area contributed by atoms with Crippen molar-refractivity contribution in [3.8, 4) is 0 Å². The van der Waals surface area contributed by atoms with Crippen LogP contribution < -0.4 is 5.32 Å². The van der Waals surface area contributed by atoms with Crippen LogP contribution in [0.3, 0.4) is 0 Å². The quantitative estimate of drug-likeness (QED) is 0.832. The van der Waals surface area contributed by atoms with Crippen molar-refractivity contribution in [3.05, 3.63) is 0 Å². The highest BCUT2D eigenvalue weighted by Crippen LogP contribution is 2.14. The summed E-state index contributed by atoms with van der Waals surface area (Å²) in [6, 6.07) is 0.700. The first-order valence-corrected chi connectivity index (χ1v) is 9.07. The zero-order valence-corrected chi connectivity index (χ0v) is 12.2. The Bertz CT molecular complexity index is 350. The summed E-state index contributed by atoms with van der Waals surface area (Å²) in [4.78, 5) is 2.52. The molecule has 2 saturated heterocycles. The molecule has 5 heteroatoms. The Kier molecular flexibility index (Phi) is 5.04. The second-order valence-corrected chi connectivity index (χ2v) is 8.04. The molecule has 0 spiro atoms. The molecular weight excluding hydrogens is 248 g/mol. The number of likely N-dealkylation sites (tertiary alicyclic amines) is 1. The van der Waals surface area contributed by atoms with Crippen LogP contribution in [0.15, 0.2) is 0 Å². The number of nitrogens with zero attached hydrogens (tertiary/aromatic N) is 1. The Morgan fingerprint density at radius 1 is 1.22 bits per heavy atom. The summed E-state index contributed by atoms with van der Waals surface area (Å²) in [5.41, 5.74) is 0. The molecule has 2 aliphatic rings. The molecule has 2 unspecified atom stereocenters. The SMILES string of the molecule is CC(CNC1CCCS(=O)(=O)C1)N1CCCCC1. The molecule has 0 aromatic carbocycles. The van der Waals surface area contributed by atoms with E-state index in [0.717, 1.165) is 19.4 Å². The molecule has 0 aromatic heterocycles. The fourth-order valence-corrected chi connectivity index (χ4v) is 4.68. The summed E-state index contributed by atoms with van der Waals surface area (Å²) >= 11 is 0. The minimum absolute atomic E-state index is 0.177. The molecule has 2 fully saturated rings. The smallest absolute Gasteiger partial charge is 0.151 e. The molecule has 1 N–H and O–H groups in total. The highest BCUT2D eigenvalue weighted by atomic mass is 32.2. The Labute approximate surface area is 111 Å². The number of nitrogens with one attached hydrogen (secondary N) is 1. The van der Waals surface area contributed by atoms with Crippen LogP contribution in [0.1, 0.15) is 39.0 Å². The molecule has 2 heterocycles. The van der Waals surface area contributed by atoms with Crippen LogP contribution in [0.5, 0.6) is 0 Å². The van der Waals surface area contributed by atoms with Crippen molar-refractivity contribution >= 4 is 9.84 Å². The molecule has 0 aromatic rings. The van der Waals surface area contributed by atoms with Gasteiger partial charge in [-0.25, -0.2) is 8.42 Å². The van der Waals surface area contributed by atoms with Crippen molar-refractivity contribution in [1.82, 2.24) is 10.2 Å². The Morgan fingerprint density at radius 3 is 2.61 bits per heavy atom. The first-order valence-electron chi connectivity index (χ1n) is 7.25. The molecule has 2 aliphatic heterocycles. The topological polar surface area (TPSA) is 49.4 Å². The molecule has 106 valence electrons. The summed E-state index contributed by atoms with van der Waals surface area (Å²) in [5, 5.41) is 3.45. The van der Waals surface area contributed by atoms with E-state index in [2.05, 4.69) is 17.1 Å². The Hall–Kier alpha value is -0.130. The first kappa shape index (κ1) is 14.3. The van der Waals surface area contributed by atoms with E-state index in [0.29, 0.717) is 17.5 Å². The normalized spacial score (nSPS) is 31.1. The highest BCUT2D eigenvalue weighted by molar-refractivity contribution is 7.91. The number of hydrogen-bond acceptors (Lipinski definition) is 4. The van der Waals surface area contributed by atoms with Crippen molar-refractivity contribution in [2.75, 3.05) is 31.1 Å². The van der Waals surface area contributed by atoms with Gasteiger partial charge in [-0.1, -0.05) is 6.42 Å². The number of hydrogen-bond donors (Lipinski definition) is 1. The number of rotatable bonds is 4. The van der Waals surface area contributed by atoms with Crippen molar-refractivity contribution in [2.24, 2.45) is 0 Å². The van der Waals surface area contributed by atoms with Gasteiger partial charge in [0, 0.05) is 18.6 Å². The van der Waals surface area contributed by atoms with E-state index in [9.17, 15) is 8.42 Å². The predicted octanol–water partition coefficient (Wildman–Crippen LogP) is 1.03. The summed E-state index contributed by atoms with van der Waals surface area (Å²) < 4.78 is 23.1. The van der Waals surface area contributed by atoms with E-state index in [-0.39, 0.29) is 6.04 Å². The highest BCUT2D eigenvalue weighted by Gasteiger charge is 2.25. The van der Waals surface area contributed by atoms with Crippen LogP contribution in [0.25, 0.3) is 0 Å². The van der Waals surface area contributed by atoms with Crippen molar-refractivity contribution in [3.63, 3.8) is 0 Å². The monoisotopic (exact) mass is 274 g/mol. The lowest BCUT2D eigenvalue weighted by Gasteiger charge is -2.34. The minimum Gasteiger partial charge on any atom is -0.311 e. The van der Waals surface area contributed by atoms with Crippen LogP contribution in [-0.4, -0.2) is 56.5 Å². The van der Waals surface area contributed by atoms with Crippen molar-refractivity contribution < 1.29 is 8.42 Å². The minimum atomic E-state index is -2.78. The second-order valence-electron chi connectivity index (χ2n) is 5.81. The lowest BCUT2D eigenvalue weighted by Crippen LogP contribution is -2.48. The largest absolute Gasteiger partial charge is 0.311 e. The van der Waals surface area contributed by atoms with Gasteiger partial charge >= 0.3 is 0 Å². The summed E-state index contributed by atoms with van der Waals surface area (Å²) in [7, 11) is -2.78. The summed E-state index contributed by atoms with van der Waals surface area (Å²) in [6.45, 7) is 5.56. The molecule has 0 saturated carbocycles. The third-order valence-electron chi connectivity index (χ3n) is 4.18. The van der Waals surface area contributed by atoms with Crippen LogP contribution in [-0.2, 0) is 9.84 Å². The van der Waals surface area contributed by atoms with E-state index in [1.165, 1.54) is 32.4 Å². The van der Waals surface area contributed by atoms with E-state index >= 15 is 0 Å². The van der Waals surface area contributed by atoms with Gasteiger partial charge in [-0.05, 0) is 45.7 Å². The van der Waals surface area contributed by atoms with Gasteiger partial charge in [0.25, 0.3) is 0 Å². The zero-order chi connectivity index (χ0) is 13.0. The van der Waals surface area contributed by atoms with Gasteiger partial charge in [0.15, 0.2) is 9.84 Å².